The Balaban J connectivity index is 3.44. The molecule has 0 saturated carbocycles. The molecule has 0 fully saturated rings. The summed E-state index contributed by atoms with van der Waals surface area (Å²) >= 11 is 0. The number of hydrogen-bond acceptors (Lipinski definition) is 2. The van der Waals surface area contributed by atoms with Gasteiger partial charge in [-0.1, -0.05) is 6.92 Å². The van der Waals surface area contributed by atoms with Crippen LogP contribution in [0.25, 0.3) is 0 Å². The van der Waals surface area contributed by atoms with Crippen LogP contribution in [0, 0.1) is 5.92 Å². The largest absolute Gasteiger partial charge is 0.481 e. The van der Waals surface area contributed by atoms with Crippen molar-refractivity contribution in [1.82, 2.24) is 0 Å². The van der Waals surface area contributed by atoms with Crippen molar-refractivity contribution in [2.75, 3.05) is 0 Å². The van der Waals surface area contributed by atoms with Crippen LogP contribution < -0.4 is 5.73 Å². The molecule has 0 aliphatic heterocycles. The summed E-state index contributed by atoms with van der Waals surface area (Å²) in [6.07, 6.45) is 0.934. The van der Waals surface area contributed by atoms with Gasteiger partial charge in [-0.2, -0.15) is 0 Å². The average molecular weight is 159 g/mol. The van der Waals surface area contributed by atoms with Crippen molar-refractivity contribution in [2.24, 2.45) is 11.7 Å². The molecule has 1 atom stereocenters. The third-order valence-corrected chi connectivity index (χ3v) is 1.41. The zero-order valence-electron chi connectivity index (χ0n) is 6.54. The van der Waals surface area contributed by atoms with Gasteiger partial charge in [-0.25, -0.2) is 0 Å². The molecule has 64 valence electrons. The molecule has 0 aromatic rings. The van der Waals surface area contributed by atoms with Crippen molar-refractivity contribution in [2.45, 2.75) is 26.2 Å². The van der Waals surface area contributed by atoms with Gasteiger partial charge in [0.25, 0.3) is 0 Å². The monoisotopic (exact) mass is 159 g/mol. The van der Waals surface area contributed by atoms with Crippen molar-refractivity contribution < 1.29 is 14.7 Å². The van der Waals surface area contributed by atoms with E-state index in [9.17, 15) is 9.59 Å². The smallest absolute Gasteiger partial charge is 0.303 e. The molecule has 0 heterocycles. The number of rotatable bonds is 5. The second-order valence-corrected chi connectivity index (χ2v) is 2.71. The zero-order valence-corrected chi connectivity index (χ0v) is 6.54. The van der Waals surface area contributed by atoms with Gasteiger partial charge in [-0.15, -0.1) is 0 Å². The highest BCUT2D eigenvalue weighted by Crippen LogP contribution is 2.08. The quantitative estimate of drug-likeness (QED) is 0.607. The Hall–Kier alpha value is -1.06. The van der Waals surface area contributed by atoms with E-state index in [0.717, 1.165) is 0 Å². The molecule has 4 heteroatoms. The van der Waals surface area contributed by atoms with Crippen molar-refractivity contribution in [1.29, 1.82) is 0 Å². The van der Waals surface area contributed by atoms with Crippen LogP contribution in [0.15, 0.2) is 0 Å². The first-order valence-electron chi connectivity index (χ1n) is 3.52. The van der Waals surface area contributed by atoms with Crippen molar-refractivity contribution in [3.8, 4) is 0 Å². The van der Waals surface area contributed by atoms with E-state index in [4.69, 9.17) is 10.8 Å². The highest BCUT2D eigenvalue weighted by molar-refractivity contribution is 5.73. The number of nitrogens with two attached hydrogens (primary N) is 1. The topological polar surface area (TPSA) is 80.4 Å². The summed E-state index contributed by atoms with van der Waals surface area (Å²) in [7, 11) is 0. The van der Waals surface area contributed by atoms with E-state index in [1.807, 2.05) is 0 Å². The van der Waals surface area contributed by atoms with Gasteiger partial charge in [-0.3, -0.25) is 9.59 Å². The Morgan fingerprint density at radius 2 is 2.09 bits per heavy atom. The second-order valence-electron chi connectivity index (χ2n) is 2.71. The SMILES string of the molecule is CC(CCC(N)=O)CC(=O)O. The minimum Gasteiger partial charge on any atom is -0.481 e. The molecule has 0 bridgehead atoms. The van der Waals surface area contributed by atoms with Gasteiger partial charge in [0.15, 0.2) is 0 Å². The van der Waals surface area contributed by atoms with E-state index in [1.54, 1.807) is 6.92 Å². The van der Waals surface area contributed by atoms with Crippen molar-refractivity contribution in [3.05, 3.63) is 0 Å². The minimum absolute atomic E-state index is 0.0278. The molecule has 0 spiro atoms. The third kappa shape index (κ3) is 6.83. The van der Waals surface area contributed by atoms with E-state index < -0.39 is 5.97 Å². The maximum Gasteiger partial charge on any atom is 0.303 e. The van der Waals surface area contributed by atoms with E-state index in [1.165, 1.54) is 0 Å². The molecule has 0 aromatic heterocycles. The van der Waals surface area contributed by atoms with E-state index in [-0.39, 0.29) is 24.7 Å². The Morgan fingerprint density at radius 3 is 2.45 bits per heavy atom. The summed E-state index contributed by atoms with van der Waals surface area (Å²) < 4.78 is 0. The fourth-order valence-electron chi connectivity index (χ4n) is 0.789. The van der Waals surface area contributed by atoms with Crippen LogP contribution in [0.1, 0.15) is 26.2 Å². The number of carbonyl (C=O) groups excluding carboxylic acids is 1. The molecular weight excluding hydrogens is 146 g/mol. The van der Waals surface area contributed by atoms with Crippen LogP contribution in [-0.4, -0.2) is 17.0 Å². The normalized spacial score (nSPS) is 12.5. The number of hydrogen-bond donors (Lipinski definition) is 2. The van der Waals surface area contributed by atoms with Crippen LogP contribution in [0.2, 0.25) is 0 Å². The molecule has 3 N–H and O–H groups in total. The third-order valence-electron chi connectivity index (χ3n) is 1.41. The van der Waals surface area contributed by atoms with Crippen LogP contribution in [-0.2, 0) is 9.59 Å². The molecular formula is C7H13NO3. The Morgan fingerprint density at radius 1 is 1.55 bits per heavy atom. The molecule has 0 radical (unpaired) electrons. The van der Waals surface area contributed by atoms with Gasteiger partial charge in [0.2, 0.25) is 5.91 Å². The lowest BCUT2D eigenvalue weighted by molar-refractivity contribution is -0.138. The fraction of sp³-hybridized carbons (Fsp3) is 0.714. The number of amides is 1. The lowest BCUT2D eigenvalue weighted by Crippen LogP contribution is -2.13. The zero-order chi connectivity index (χ0) is 8.85. The molecule has 1 amide bonds. The van der Waals surface area contributed by atoms with E-state index >= 15 is 0 Å². The first-order valence-corrected chi connectivity index (χ1v) is 3.52. The first kappa shape index (κ1) is 9.94. The maximum atomic E-state index is 10.3. The molecule has 0 saturated heterocycles. The number of aliphatic carboxylic acids is 1. The summed E-state index contributed by atoms with van der Waals surface area (Å²) in [6.45, 7) is 1.79. The van der Waals surface area contributed by atoms with Gasteiger partial charge >= 0.3 is 5.97 Å². The van der Waals surface area contributed by atoms with E-state index in [0.29, 0.717) is 6.42 Å². The molecule has 0 aliphatic rings. The summed E-state index contributed by atoms with van der Waals surface area (Å²) in [4.78, 5) is 20.4. The van der Waals surface area contributed by atoms with Gasteiger partial charge < -0.3 is 10.8 Å². The molecule has 1 unspecified atom stereocenters. The van der Waals surface area contributed by atoms with Gasteiger partial charge in [-0.05, 0) is 12.3 Å². The van der Waals surface area contributed by atoms with Crippen molar-refractivity contribution in [3.63, 3.8) is 0 Å². The lowest BCUT2D eigenvalue weighted by atomic mass is 10.0. The molecule has 0 rings (SSSR count). The number of carboxylic acid groups (broad SMARTS) is 1. The van der Waals surface area contributed by atoms with Gasteiger partial charge in [0.05, 0.1) is 0 Å². The predicted octanol–water partition coefficient (Wildman–Crippen LogP) is 0.363. The molecule has 11 heavy (non-hydrogen) atoms. The maximum absolute atomic E-state index is 10.3. The highest BCUT2D eigenvalue weighted by atomic mass is 16.4. The summed E-state index contributed by atoms with van der Waals surface area (Å²) in [5.41, 5.74) is 4.89. The van der Waals surface area contributed by atoms with E-state index in [2.05, 4.69) is 0 Å². The van der Waals surface area contributed by atoms with Gasteiger partial charge in [0.1, 0.15) is 0 Å². The number of carbonyl (C=O) groups is 2. The Kier molecular flexibility index (Phi) is 4.26. The second kappa shape index (κ2) is 4.71. The van der Waals surface area contributed by atoms with Crippen LogP contribution >= 0.6 is 0 Å². The fourth-order valence-corrected chi connectivity index (χ4v) is 0.789. The summed E-state index contributed by atoms with van der Waals surface area (Å²) in [6, 6.07) is 0. The Bertz CT molecular complexity index is 156. The van der Waals surface area contributed by atoms with Crippen LogP contribution in [0.3, 0.4) is 0 Å². The first-order chi connectivity index (χ1) is 5.02. The van der Waals surface area contributed by atoms with Crippen molar-refractivity contribution >= 4 is 11.9 Å². The summed E-state index contributed by atoms with van der Waals surface area (Å²) in [5.74, 6) is -1.18. The van der Waals surface area contributed by atoms with Crippen LogP contribution in [0.5, 0.6) is 0 Å². The van der Waals surface area contributed by atoms with Gasteiger partial charge in [0, 0.05) is 12.8 Å². The Labute approximate surface area is 65.4 Å². The molecule has 0 aliphatic carbocycles. The summed E-state index contributed by atoms with van der Waals surface area (Å²) in [5, 5.41) is 8.33. The lowest BCUT2D eigenvalue weighted by Gasteiger charge is -2.04. The average Bonchev–Trinajstić information content (AvgIpc) is 1.82. The highest BCUT2D eigenvalue weighted by Gasteiger charge is 2.08. The standard InChI is InChI=1S/C7H13NO3/c1-5(4-7(10)11)2-3-6(8)9/h5H,2-4H2,1H3,(H2,8,9)(H,10,11). The molecule has 0 aromatic carbocycles. The molecule has 4 nitrogen and oxygen atoms in total. The van der Waals surface area contributed by atoms with Crippen LogP contribution in [0.4, 0.5) is 0 Å². The number of primary amides is 1. The predicted molar refractivity (Wildman–Crippen MR) is 39.8 cm³/mol. The minimum atomic E-state index is -0.832. The number of carboxylic acids is 1.